The van der Waals surface area contributed by atoms with Crippen LogP contribution in [0.3, 0.4) is 0 Å². The lowest BCUT2D eigenvalue weighted by Crippen LogP contribution is -2.32. The summed E-state index contributed by atoms with van der Waals surface area (Å²) in [6.07, 6.45) is 8.36. The van der Waals surface area contributed by atoms with Crippen molar-refractivity contribution in [1.29, 1.82) is 0 Å². The van der Waals surface area contributed by atoms with Gasteiger partial charge in [0.25, 0.3) is 0 Å². The molecule has 47 heavy (non-hydrogen) atoms. The number of terminal acetylenes is 1. The number of nitrogens with zero attached hydrogens (tertiary/aromatic N) is 1. The lowest BCUT2D eigenvalue weighted by molar-refractivity contribution is -0.137. The van der Waals surface area contributed by atoms with Gasteiger partial charge in [-0.2, -0.15) is 13.2 Å². The van der Waals surface area contributed by atoms with Crippen LogP contribution in [0.1, 0.15) is 65.0 Å². The summed E-state index contributed by atoms with van der Waals surface area (Å²) in [7, 11) is 0. The molecule has 0 amide bonds. The third-order valence-corrected chi connectivity index (χ3v) is 10.2. The molecule has 1 heterocycles. The number of hydrogen-bond donors (Lipinski definition) is 1. The summed E-state index contributed by atoms with van der Waals surface area (Å²) in [6, 6.07) is 30.3. The molecule has 1 aliphatic heterocycles. The highest BCUT2D eigenvalue weighted by molar-refractivity contribution is 7.97. The molecule has 4 aromatic rings. The largest absolute Gasteiger partial charge is 0.417 e. The number of halogens is 3. The molecule has 0 bridgehead atoms. The van der Waals surface area contributed by atoms with Gasteiger partial charge >= 0.3 is 6.18 Å². The highest BCUT2D eigenvalue weighted by Gasteiger charge is 2.35. The summed E-state index contributed by atoms with van der Waals surface area (Å²) < 4.78 is 44.8. The molecule has 1 aliphatic rings. The lowest BCUT2D eigenvalue weighted by Gasteiger charge is -2.36. The molecular formula is C41H43F3N2S. The van der Waals surface area contributed by atoms with Gasteiger partial charge in [-0.15, -0.1) is 6.42 Å². The van der Waals surface area contributed by atoms with E-state index in [2.05, 4.69) is 102 Å². The summed E-state index contributed by atoms with van der Waals surface area (Å²) in [4.78, 5) is 1.20. The highest BCUT2D eigenvalue weighted by Crippen LogP contribution is 2.41. The van der Waals surface area contributed by atoms with Crippen molar-refractivity contribution in [3.8, 4) is 23.5 Å². The minimum atomic E-state index is -4.51. The van der Waals surface area contributed by atoms with E-state index in [4.69, 9.17) is 6.42 Å². The topological polar surface area (TPSA) is 15.3 Å². The standard InChI is InChI=1S/C41H43F3N2S/c1-4-33-17-18-37(29-40(33)41(42,43)44)39(34-21-24-46(25-22-34)47-38-19-15-30(3)16-20-38)28-32-12-9-14-36(27-32)35-13-8-11-31(26-35)10-6-7-23-45-5-2/h1,5,8-9,11-20,26-27,29,34,39,45H,2,6-7,10,21-25,28H2,3H3. The van der Waals surface area contributed by atoms with E-state index in [-0.39, 0.29) is 17.4 Å². The minimum absolute atomic E-state index is 0.0693. The van der Waals surface area contributed by atoms with Gasteiger partial charge in [0.15, 0.2) is 0 Å². The van der Waals surface area contributed by atoms with Crippen LogP contribution in [0.2, 0.25) is 0 Å². The van der Waals surface area contributed by atoms with E-state index in [1.165, 1.54) is 28.2 Å². The SMILES string of the molecule is C#Cc1ccc(C(Cc2cccc(-c3cccc(CCCCNC=C)c3)c2)C2CCN(Sc3ccc(C)cc3)CC2)cc1C(F)(F)F. The fourth-order valence-electron chi connectivity index (χ4n) is 6.52. The van der Waals surface area contributed by atoms with Gasteiger partial charge in [0.05, 0.1) is 5.56 Å². The van der Waals surface area contributed by atoms with Crippen molar-refractivity contribution >= 4 is 11.9 Å². The molecule has 1 unspecified atom stereocenters. The maximum atomic E-state index is 14.1. The van der Waals surface area contributed by atoms with Crippen LogP contribution < -0.4 is 5.32 Å². The van der Waals surface area contributed by atoms with Gasteiger partial charge in [0.2, 0.25) is 0 Å². The van der Waals surface area contributed by atoms with Crippen LogP contribution in [-0.4, -0.2) is 23.9 Å². The molecule has 0 spiro atoms. The molecule has 244 valence electrons. The van der Waals surface area contributed by atoms with Crippen molar-refractivity contribution in [1.82, 2.24) is 9.62 Å². The summed E-state index contributed by atoms with van der Waals surface area (Å²) >= 11 is 1.76. The predicted molar refractivity (Wildman–Crippen MR) is 190 cm³/mol. The first-order valence-electron chi connectivity index (χ1n) is 16.4. The van der Waals surface area contributed by atoms with Gasteiger partial charge in [-0.05, 0) is 128 Å². The molecule has 0 radical (unpaired) electrons. The maximum absolute atomic E-state index is 14.1. The molecule has 0 saturated carbocycles. The Morgan fingerprint density at radius 2 is 1.62 bits per heavy atom. The van der Waals surface area contributed by atoms with Gasteiger partial charge in [-0.3, -0.25) is 0 Å². The quantitative estimate of drug-likeness (QED) is 0.0879. The van der Waals surface area contributed by atoms with Crippen molar-refractivity contribution in [3.63, 3.8) is 0 Å². The van der Waals surface area contributed by atoms with E-state index >= 15 is 0 Å². The number of benzene rings is 4. The Bertz CT molecular complexity index is 1660. The maximum Gasteiger partial charge on any atom is 0.417 e. The van der Waals surface area contributed by atoms with Crippen LogP contribution in [0.15, 0.2) is 109 Å². The molecule has 0 aliphatic carbocycles. The average molecular weight is 653 g/mol. The Morgan fingerprint density at radius 3 is 2.28 bits per heavy atom. The lowest BCUT2D eigenvalue weighted by atomic mass is 9.76. The number of nitrogens with one attached hydrogen (secondary N) is 1. The van der Waals surface area contributed by atoms with Crippen LogP contribution in [0.25, 0.3) is 11.1 Å². The molecule has 1 fully saturated rings. The zero-order chi connectivity index (χ0) is 33.2. The van der Waals surface area contributed by atoms with Crippen LogP contribution in [-0.2, 0) is 19.0 Å². The summed E-state index contributed by atoms with van der Waals surface area (Å²) in [6.45, 7) is 8.47. The molecule has 1 saturated heterocycles. The van der Waals surface area contributed by atoms with Gasteiger partial charge in [-0.25, -0.2) is 4.31 Å². The number of unbranched alkanes of at least 4 members (excludes halogenated alkanes) is 1. The summed E-state index contributed by atoms with van der Waals surface area (Å²) in [5.74, 6) is 2.42. The van der Waals surface area contributed by atoms with Gasteiger partial charge < -0.3 is 5.32 Å². The fourth-order valence-corrected chi connectivity index (χ4v) is 7.47. The third-order valence-electron chi connectivity index (χ3n) is 9.08. The molecule has 4 aromatic carbocycles. The zero-order valence-electron chi connectivity index (χ0n) is 27.0. The van der Waals surface area contributed by atoms with E-state index in [9.17, 15) is 13.2 Å². The van der Waals surface area contributed by atoms with E-state index in [1.807, 2.05) is 6.07 Å². The van der Waals surface area contributed by atoms with E-state index < -0.39 is 11.7 Å². The van der Waals surface area contributed by atoms with Gasteiger partial charge in [0.1, 0.15) is 0 Å². The van der Waals surface area contributed by atoms with E-state index in [0.717, 1.165) is 68.4 Å². The second-order valence-corrected chi connectivity index (χ2v) is 13.6. The van der Waals surface area contributed by atoms with Crippen LogP contribution in [0.4, 0.5) is 13.2 Å². The molecule has 2 nitrogen and oxygen atoms in total. The predicted octanol–water partition coefficient (Wildman–Crippen LogP) is 10.5. The van der Waals surface area contributed by atoms with Crippen LogP contribution in [0, 0.1) is 25.2 Å². The van der Waals surface area contributed by atoms with Gasteiger partial charge in [0, 0.05) is 30.1 Å². The van der Waals surface area contributed by atoms with Crippen molar-refractivity contribution in [3.05, 3.63) is 137 Å². The first-order chi connectivity index (χ1) is 22.7. The number of alkyl halides is 3. The Hall–Kier alpha value is -3.92. The Morgan fingerprint density at radius 1 is 0.936 bits per heavy atom. The molecule has 1 atom stereocenters. The molecular weight excluding hydrogens is 610 g/mol. The molecule has 1 N–H and O–H groups in total. The second-order valence-electron chi connectivity index (χ2n) is 12.4. The monoisotopic (exact) mass is 652 g/mol. The normalized spacial score (nSPS) is 14.8. The summed E-state index contributed by atoms with van der Waals surface area (Å²) in [5, 5.41) is 3.15. The molecule has 6 heteroatoms. The van der Waals surface area contributed by atoms with Gasteiger partial charge in [-0.1, -0.05) is 84.8 Å². The Kier molecular flexibility index (Phi) is 11.9. The Labute approximate surface area is 282 Å². The smallest absolute Gasteiger partial charge is 0.391 e. The van der Waals surface area contributed by atoms with E-state index in [1.54, 1.807) is 18.1 Å². The zero-order valence-corrected chi connectivity index (χ0v) is 27.8. The highest BCUT2D eigenvalue weighted by atomic mass is 32.2. The number of aryl methyl sites for hydroxylation is 2. The van der Waals surface area contributed by atoms with Crippen LogP contribution >= 0.6 is 11.9 Å². The first-order valence-corrected chi connectivity index (χ1v) is 17.2. The van der Waals surface area contributed by atoms with Crippen LogP contribution in [0.5, 0.6) is 0 Å². The number of hydrogen-bond acceptors (Lipinski definition) is 3. The number of rotatable bonds is 13. The fraction of sp³-hybridized carbons (Fsp3) is 0.317. The van der Waals surface area contributed by atoms with Crippen molar-refractivity contribution in [2.24, 2.45) is 5.92 Å². The average Bonchev–Trinajstić information content (AvgIpc) is 3.08. The summed E-state index contributed by atoms with van der Waals surface area (Å²) in [5.41, 5.74) is 5.81. The Balaban J connectivity index is 1.37. The third kappa shape index (κ3) is 9.56. The second kappa shape index (κ2) is 16.3. The first kappa shape index (κ1) is 34.4. The number of piperidine rings is 1. The van der Waals surface area contributed by atoms with E-state index in [0.29, 0.717) is 12.0 Å². The van der Waals surface area contributed by atoms with Crippen molar-refractivity contribution < 1.29 is 13.2 Å². The molecule has 0 aromatic heterocycles. The molecule has 5 rings (SSSR count). The van der Waals surface area contributed by atoms with Crippen molar-refractivity contribution in [2.45, 2.75) is 62.4 Å². The van der Waals surface area contributed by atoms with Crippen molar-refractivity contribution in [2.75, 3.05) is 19.6 Å². The minimum Gasteiger partial charge on any atom is -0.391 e.